The van der Waals surface area contributed by atoms with Crippen LogP contribution in [-0.4, -0.2) is 64.2 Å². The molecule has 0 saturated heterocycles. The Hall–Kier alpha value is -2.45. The number of Topliss-reactive ketones (excluding diaryl/α,β-unsaturated/α-hetero) is 1. The number of pyridine rings is 2. The van der Waals surface area contributed by atoms with E-state index in [1.54, 1.807) is 18.2 Å². The number of benzene rings is 1. The largest absolute Gasteiger partial charge is 0.505 e. The maximum absolute atomic E-state index is 12.5. The first-order valence-electron chi connectivity index (χ1n) is 11.3. The molecule has 34 heavy (non-hydrogen) atoms. The molecule has 1 aliphatic rings. The summed E-state index contributed by atoms with van der Waals surface area (Å²) in [5.74, 6) is 0.0632. The lowest BCUT2D eigenvalue weighted by molar-refractivity contribution is 0.0904. The molecule has 0 radical (unpaired) electrons. The van der Waals surface area contributed by atoms with Crippen molar-refractivity contribution in [1.29, 1.82) is 0 Å². The number of rotatable bonds is 7. The van der Waals surface area contributed by atoms with Gasteiger partial charge in [-0.15, -0.1) is 0 Å². The number of nitrogens with one attached hydrogen (secondary N) is 1. The molecule has 1 aromatic carbocycles. The fraction of sp³-hybridized carbons (Fsp3) is 0.400. The van der Waals surface area contributed by atoms with Gasteiger partial charge in [0.25, 0.3) is 0 Å². The molecule has 0 aliphatic heterocycles. The van der Waals surface area contributed by atoms with Gasteiger partial charge in [-0.3, -0.25) is 9.78 Å². The fourth-order valence-electron chi connectivity index (χ4n) is 4.59. The van der Waals surface area contributed by atoms with Gasteiger partial charge in [-0.1, -0.05) is 23.2 Å². The number of phenols is 1. The maximum Gasteiger partial charge on any atom is 0.191 e. The van der Waals surface area contributed by atoms with Gasteiger partial charge in [0.1, 0.15) is 12.1 Å². The first-order valence-corrected chi connectivity index (χ1v) is 12.1. The number of aromatic nitrogens is 2. The third-order valence-corrected chi connectivity index (χ3v) is 6.86. The summed E-state index contributed by atoms with van der Waals surface area (Å²) >= 11 is 12.2. The summed E-state index contributed by atoms with van der Waals surface area (Å²) in [5, 5.41) is 23.2. The maximum atomic E-state index is 12.5. The molecular weight excluding hydrogens is 475 g/mol. The van der Waals surface area contributed by atoms with E-state index in [9.17, 15) is 15.0 Å². The molecule has 2 aromatic heterocycles. The molecule has 0 amide bonds. The summed E-state index contributed by atoms with van der Waals surface area (Å²) in [7, 11) is 4.19. The third kappa shape index (κ3) is 5.28. The Morgan fingerprint density at radius 2 is 1.82 bits per heavy atom. The zero-order valence-corrected chi connectivity index (χ0v) is 20.7. The van der Waals surface area contributed by atoms with E-state index in [-0.39, 0.29) is 21.8 Å². The van der Waals surface area contributed by atoms with Crippen molar-refractivity contribution < 1.29 is 15.0 Å². The lowest BCUT2D eigenvalue weighted by Crippen LogP contribution is -2.31. The highest BCUT2D eigenvalue weighted by Crippen LogP contribution is 2.37. The van der Waals surface area contributed by atoms with Gasteiger partial charge < -0.3 is 20.4 Å². The summed E-state index contributed by atoms with van der Waals surface area (Å²) in [5.41, 5.74) is 3.26. The van der Waals surface area contributed by atoms with Crippen LogP contribution in [0.15, 0.2) is 30.5 Å². The molecule has 1 aliphatic carbocycles. The van der Waals surface area contributed by atoms with Crippen LogP contribution in [0.4, 0.5) is 5.69 Å². The van der Waals surface area contributed by atoms with Gasteiger partial charge in [-0.25, -0.2) is 4.98 Å². The Kier molecular flexibility index (Phi) is 7.57. The van der Waals surface area contributed by atoms with Crippen LogP contribution >= 0.6 is 23.2 Å². The quantitative estimate of drug-likeness (QED) is 0.390. The number of phenolic OH excluding ortho intramolecular Hbond substituents is 1. The van der Waals surface area contributed by atoms with Crippen LogP contribution in [0.3, 0.4) is 0 Å². The Morgan fingerprint density at radius 3 is 2.44 bits per heavy atom. The highest BCUT2D eigenvalue weighted by Gasteiger charge is 2.25. The normalized spacial score (nSPS) is 18.4. The Labute approximate surface area is 208 Å². The summed E-state index contributed by atoms with van der Waals surface area (Å²) in [6.45, 7) is 0.460. The van der Waals surface area contributed by atoms with Gasteiger partial charge in [-0.2, -0.15) is 0 Å². The Balaban J connectivity index is 1.72. The van der Waals surface area contributed by atoms with Crippen molar-refractivity contribution in [2.45, 2.75) is 31.7 Å². The number of carbonyl (C=O) groups is 1. The average Bonchev–Trinajstić information content (AvgIpc) is 2.82. The van der Waals surface area contributed by atoms with E-state index in [0.29, 0.717) is 39.5 Å². The Morgan fingerprint density at radius 1 is 1.15 bits per heavy atom. The van der Waals surface area contributed by atoms with Gasteiger partial charge in [0.05, 0.1) is 32.5 Å². The second kappa shape index (κ2) is 10.4. The molecule has 4 rings (SSSR count). The number of carbonyl (C=O) groups excluding carboxylic acids is 1. The zero-order chi connectivity index (χ0) is 24.4. The van der Waals surface area contributed by atoms with Crippen LogP contribution in [0, 0.1) is 5.92 Å². The van der Waals surface area contributed by atoms with E-state index >= 15 is 0 Å². The number of hydrogen-bond donors (Lipinski definition) is 3. The van der Waals surface area contributed by atoms with Crippen LogP contribution in [0.1, 0.15) is 36.0 Å². The van der Waals surface area contributed by atoms with E-state index in [4.69, 9.17) is 28.2 Å². The van der Waals surface area contributed by atoms with E-state index in [2.05, 4.69) is 29.3 Å². The molecule has 7 nitrogen and oxygen atoms in total. The number of aliphatic hydroxyl groups excluding tert-OH is 1. The fourth-order valence-corrected chi connectivity index (χ4v) is 5.08. The highest BCUT2D eigenvalue weighted by molar-refractivity contribution is 6.37. The number of anilines is 1. The van der Waals surface area contributed by atoms with Crippen LogP contribution in [-0.2, 0) is 0 Å². The molecular formula is C25H28Cl2N4O3. The number of halogens is 2. The number of fused-ring (bicyclic) bond motifs is 1. The van der Waals surface area contributed by atoms with Gasteiger partial charge in [-0.05, 0) is 70.0 Å². The topological polar surface area (TPSA) is 98.6 Å². The van der Waals surface area contributed by atoms with Crippen molar-refractivity contribution in [2.24, 2.45) is 5.92 Å². The summed E-state index contributed by atoms with van der Waals surface area (Å²) in [6.07, 6.45) is 5.67. The minimum Gasteiger partial charge on any atom is -0.505 e. The molecule has 0 bridgehead atoms. The molecule has 2 heterocycles. The lowest BCUT2D eigenvalue weighted by atomic mass is 9.85. The van der Waals surface area contributed by atoms with Gasteiger partial charge in [0.15, 0.2) is 11.5 Å². The van der Waals surface area contributed by atoms with Gasteiger partial charge in [0, 0.05) is 24.3 Å². The molecule has 1 fully saturated rings. The number of nitrogens with zero attached hydrogens (tertiary/aromatic N) is 3. The molecule has 180 valence electrons. The summed E-state index contributed by atoms with van der Waals surface area (Å²) < 4.78 is 0. The zero-order valence-electron chi connectivity index (χ0n) is 19.2. The van der Waals surface area contributed by atoms with Crippen LogP contribution in [0.5, 0.6) is 5.75 Å². The van der Waals surface area contributed by atoms with Crippen molar-refractivity contribution in [3.8, 4) is 17.0 Å². The monoisotopic (exact) mass is 502 g/mol. The van der Waals surface area contributed by atoms with Crippen molar-refractivity contribution in [1.82, 2.24) is 14.9 Å². The standard InChI is InChI=1S/C25H28Cl2N4O3/c1-31(2)12-14-3-5-16(6-4-14)29-23-17(22(33)13-32)11-28-21-8-7-20(30-24(21)23)15-9-18(26)25(34)19(27)10-15/h7-11,14,16,32,34H,3-6,12-13H2,1-2H3,(H,28,29). The van der Waals surface area contributed by atoms with Gasteiger partial charge in [0.2, 0.25) is 0 Å². The minimum atomic E-state index is -0.611. The molecule has 9 heteroatoms. The summed E-state index contributed by atoms with van der Waals surface area (Å²) in [6, 6.07) is 6.98. The van der Waals surface area contributed by atoms with E-state index in [1.807, 2.05) is 6.07 Å². The molecule has 3 N–H and O–H groups in total. The smallest absolute Gasteiger partial charge is 0.191 e. The predicted octanol–water partition coefficient (Wildman–Crippen LogP) is 5.02. The molecule has 3 aromatic rings. The number of aliphatic hydroxyl groups is 1. The van der Waals surface area contributed by atoms with Crippen molar-refractivity contribution in [2.75, 3.05) is 32.6 Å². The van der Waals surface area contributed by atoms with Crippen LogP contribution < -0.4 is 5.32 Å². The van der Waals surface area contributed by atoms with E-state index in [1.165, 1.54) is 6.20 Å². The second-order valence-corrected chi connectivity index (χ2v) is 9.92. The van der Waals surface area contributed by atoms with Crippen LogP contribution in [0.2, 0.25) is 10.0 Å². The van der Waals surface area contributed by atoms with Crippen molar-refractivity contribution >= 4 is 45.7 Å². The lowest BCUT2D eigenvalue weighted by Gasteiger charge is -2.31. The minimum absolute atomic E-state index is 0.125. The molecule has 0 atom stereocenters. The van der Waals surface area contributed by atoms with Crippen LogP contribution in [0.25, 0.3) is 22.3 Å². The van der Waals surface area contributed by atoms with Gasteiger partial charge >= 0.3 is 0 Å². The molecule has 0 unspecified atom stereocenters. The SMILES string of the molecule is CN(C)CC1CCC(Nc2c(C(=O)CO)cnc3ccc(-c4cc(Cl)c(O)c(Cl)c4)nc23)CC1. The second-order valence-electron chi connectivity index (χ2n) is 9.11. The van der Waals surface area contributed by atoms with E-state index in [0.717, 1.165) is 32.2 Å². The predicted molar refractivity (Wildman–Crippen MR) is 136 cm³/mol. The Bertz CT molecular complexity index is 1190. The average molecular weight is 503 g/mol. The molecule has 0 spiro atoms. The summed E-state index contributed by atoms with van der Waals surface area (Å²) in [4.78, 5) is 24.0. The highest BCUT2D eigenvalue weighted by atomic mass is 35.5. The first kappa shape index (κ1) is 24.7. The third-order valence-electron chi connectivity index (χ3n) is 6.29. The molecule has 1 saturated carbocycles. The first-order chi connectivity index (χ1) is 16.3. The number of hydrogen-bond acceptors (Lipinski definition) is 7. The number of ketones is 1. The number of aromatic hydroxyl groups is 1. The van der Waals surface area contributed by atoms with Crippen molar-refractivity contribution in [3.63, 3.8) is 0 Å². The van der Waals surface area contributed by atoms with E-state index < -0.39 is 12.4 Å². The van der Waals surface area contributed by atoms with Crippen molar-refractivity contribution in [3.05, 3.63) is 46.1 Å².